The molecule has 4 heteroatoms. The lowest BCUT2D eigenvalue weighted by molar-refractivity contribution is -0.120. The number of hydrogen-bond acceptors (Lipinski definition) is 3. The Hall–Kier alpha value is -1.39. The van der Waals surface area contributed by atoms with Gasteiger partial charge in [-0.05, 0) is 37.8 Å². The summed E-state index contributed by atoms with van der Waals surface area (Å²) in [5.41, 5.74) is 2.37. The largest absolute Gasteiger partial charge is 0.377 e. The molecular formula is C16H24N2O2. The molecule has 110 valence electrons. The number of ether oxygens (including phenoxy) is 1. The monoisotopic (exact) mass is 276 g/mol. The number of aryl methyl sites for hydroxylation is 1. The van der Waals surface area contributed by atoms with Crippen molar-refractivity contribution in [2.45, 2.75) is 38.8 Å². The fourth-order valence-corrected chi connectivity index (χ4v) is 2.59. The summed E-state index contributed by atoms with van der Waals surface area (Å²) in [6, 6.07) is 8.17. The highest BCUT2D eigenvalue weighted by Gasteiger charge is 2.16. The van der Waals surface area contributed by atoms with E-state index in [1.54, 1.807) is 0 Å². The topological polar surface area (TPSA) is 50.4 Å². The van der Waals surface area contributed by atoms with Gasteiger partial charge in [0, 0.05) is 13.2 Å². The Morgan fingerprint density at radius 1 is 1.45 bits per heavy atom. The summed E-state index contributed by atoms with van der Waals surface area (Å²) in [5, 5.41) is 6.18. The molecule has 0 spiro atoms. The van der Waals surface area contributed by atoms with Gasteiger partial charge in [0.15, 0.2) is 0 Å². The smallest absolute Gasteiger partial charge is 0.234 e. The van der Waals surface area contributed by atoms with Gasteiger partial charge in [-0.15, -0.1) is 0 Å². The molecule has 1 aliphatic rings. The first-order chi connectivity index (χ1) is 9.66. The van der Waals surface area contributed by atoms with Crippen LogP contribution in [0.1, 0.15) is 36.9 Å². The molecule has 1 aromatic carbocycles. The Kier molecular flexibility index (Phi) is 5.56. The van der Waals surface area contributed by atoms with Crippen LogP contribution in [0.3, 0.4) is 0 Å². The lowest BCUT2D eigenvalue weighted by Gasteiger charge is -2.17. The van der Waals surface area contributed by atoms with E-state index in [2.05, 4.69) is 29.7 Å². The van der Waals surface area contributed by atoms with E-state index in [0.717, 1.165) is 26.0 Å². The van der Waals surface area contributed by atoms with Crippen LogP contribution in [0.2, 0.25) is 0 Å². The maximum atomic E-state index is 11.9. The van der Waals surface area contributed by atoms with Gasteiger partial charge < -0.3 is 15.4 Å². The van der Waals surface area contributed by atoms with E-state index < -0.39 is 0 Å². The number of benzene rings is 1. The predicted octanol–water partition coefficient (Wildman–Crippen LogP) is 1.94. The van der Waals surface area contributed by atoms with Crippen LogP contribution < -0.4 is 10.6 Å². The van der Waals surface area contributed by atoms with Crippen molar-refractivity contribution in [3.63, 3.8) is 0 Å². The molecule has 2 rings (SSSR count). The van der Waals surface area contributed by atoms with E-state index in [0.29, 0.717) is 6.54 Å². The van der Waals surface area contributed by atoms with Gasteiger partial charge in [-0.2, -0.15) is 0 Å². The zero-order chi connectivity index (χ0) is 14.4. The molecule has 2 atom stereocenters. The summed E-state index contributed by atoms with van der Waals surface area (Å²) in [6.45, 7) is 6.03. The lowest BCUT2D eigenvalue weighted by Crippen LogP contribution is -2.38. The Balaban J connectivity index is 1.72. The second-order valence-electron chi connectivity index (χ2n) is 5.41. The molecule has 1 heterocycles. The molecule has 0 saturated carbocycles. The van der Waals surface area contributed by atoms with Gasteiger partial charge in [0.1, 0.15) is 0 Å². The summed E-state index contributed by atoms with van der Waals surface area (Å²) >= 11 is 0. The second-order valence-corrected chi connectivity index (χ2v) is 5.41. The van der Waals surface area contributed by atoms with Gasteiger partial charge in [-0.25, -0.2) is 0 Å². The molecule has 2 N–H and O–H groups in total. The van der Waals surface area contributed by atoms with Crippen molar-refractivity contribution in [2.75, 3.05) is 19.7 Å². The third-order valence-electron chi connectivity index (χ3n) is 3.71. The molecule has 20 heavy (non-hydrogen) atoms. The summed E-state index contributed by atoms with van der Waals surface area (Å²) in [5.74, 6) is 0.0266. The van der Waals surface area contributed by atoms with Gasteiger partial charge >= 0.3 is 0 Å². The van der Waals surface area contributed by atoms with E-state index in [-0.39, 0.29) is 18.1 Å². The zero-order valence-electron chi connectivity index (χ0n) is 12.3. The lowest BCUT2D eigenvalue weighted by atomic mass is 10.0. The van der Waals surface area contributed by atoms with Crippen LogP contribution in [0.15, 0.2) is 24.3 Å². The van der Waals surface area contributed by atoms with Crippen LogP contribution >= 0.6 is 0 Å². The predicted molar refractivity (Wildman–Crippen MR) is 79.6 cm³/mol. The van der Waals surface area contributed by atoms with Crippen LogP contribution in [0.4, 0.5) is 0 Å². The van der Waals surface area contributed by atoms with Gasteiger partial charge in [0.25, 0.3) is 0 Å². The van der Waals surface area contributed by atoms with Crippen molar-refractivity contribution in [2.24, 2.45) is 0 Å². The van der Waals surface area contributed by atoms with Crippen LogP contribution in [0.25, 0.3) is 0 Å². The van der Waals surface area contributed by atoms with E-state index in [4.69, 9.17) is 4.74 Å². The van der Waals surface area contributed by atoms with Crippen molar-refractivity contribution in [1.29, 1.82) is 0 Å². The van der Waals surface area contributed by atoms with Crippen LogP contribution in [0, 0.1) is 6.92 Å². The molecule has 1 aliphatic heterocycles. The first kappa shape index (κ1) is 15.0. The molecule has 1 aromatic rings. The van der Waals surface area contributed by atoms with Crippen molar-refractivity contribution >= 4 is 5.91 Å². The number of carbonyl (C=O) groups excluding carboxylic acids is 1. The molecular weight excluding hydrogens is 252 g/mol. The zero-order valence-corrected chi connectivity index (χ0v) is 12.3. The van der Waals surface area contributed by atoms with E-state index >= 15 is 0 Å². The summed E-state index contributed by atoms with van der Waals surface area (Å²) in [7, 11) is 0. The fourth-order valence-electron chi connectivity index (χ4n) is 2.59. The highest BCUT2D eigenvalue weighted by Crippen LogP contribution is 2.16. The fraction of sp³-hybridized carbons (Fsp3) is 0.562. The average molecular weight is 276 g/mol. The van der Waals surface area contributed by atoms with Gasteiger partial charge in [-0.1, -0.05) is 24.3 Å². The number of carbonyl (C=O) groups is 1. The Bertz CT molecular complexity index is 442. The van der Waals surface area contributed by atoms with Crippen LogP contribution in [0.5, 0.6) is 0 Å². The highest BCUT2D eigenvalue weighted by atomic mass is 16.5. The molecule has 0 aromatic heterocycles. The Morgan fingerprint density at radius 2 is 2.25 bits per heavy atom. The van der Waals surface area contributed by atoms with Gasteiger partial charge in [0.05, 0.1) is 18.7 Å². The molecule has 0 bridgehead atoms. The third kappa shape index (κ3) is 4.32. The van der Waals surface area contributed by atoms with E-state index in [1.807, 2.05) is 19.1 Å². The van der Waals surface area contributed by atoms with Crippen molar-refractivity contribution in [3.05, 3.63) is 35.4 Å². The normalized spacial score (nSPS) is 19.8. The minimum Gasteiger partial charge on any atom is -0.377 e. The minimum atomic E-state index is 0.0266. The van der Waals surface area contributed by atoms with Crippen LogP contribution in [-0.2, 0) is 9.53 Å². The quantitative estimate of drug-likeness (QED) is 0.835. The minimum absolute atomic E-state index is 0.0266. The van der Waals surface area contributed by atoms with Gasteiger partial charge in [0.2, 0.25) is 5.91 Å². The SMILES string of the molecule is Cc1ccccc1C(C)NC(=O)CNCC1CCCO1. The summed E-state index contributed by atoms with van der Waals surface area (Å²) in [4.78, 5) is 11.9. The second kappa shape index (κ2) is 7.41. The summed E-state index contributed by atoms with van der Waals surface area (Å²) < 4.78 is 5.51. The van der Waals surface area contributed by atoms with Crippen molar-refractivity contribution < 1.29 is 9.53 Å². The number of hydrogen-bond donors (Lipinski definition) is 2. The maximum Gasteiger partial charge on any atom is 0.234 e. The van der Waals surface area contributed by atoms with Crippen LogP contribution in [-0.4, -0.2) is 31.7 Å². The molecule has 4 nitrogen and oxygen atoms in total. The number of amides is 1. The number of rotatable bonds is 6. The van der Waals surface area contributed by atoms with E-state index in [9.17, 15) is 4.79 Å². The molecule has 0 aliphatic carbocycles. The van der Waals surface area contributed by atoms with Crippen molar-refractivity contribution in [1.82, 2.24) is 10.6 Å². The first-order valence-corrected chi connectivity index (χ1v) is 7.34. The number of nitrogens with one attached hydrogen (secondary N) is 2. The van der Waals surface area contributed by atoms with E-state index in [1.165, 1.54) is 11.1 Å². The molecule has 1 fully saturated rings. The standard InChI is InChI=1S/C16H24N2O2/c1-12-6-3-4-8-15(12)13(2)18-16(19)11-17-10-14-7-5-9-20-14/h3-4,6,8,13-14,17H,5,7,9-11H2,1-2H3,(H,18,19). The third-order valence-corrected chi connectivity index (χ3v) is 3.71. The average Bonchev–Trinajstić information content (AvgIpc) is 2.92. The molecule has 1 amide bonds. The summed E-state index contributed by atoms with van der Waals surface area (Å²) in [6.07, 6.45) is 2.49. The molecule has 2 unspecified atom stereocenters. The Morgan fingerprint density at radius 3 is 2.95 bits per heavy atom. The first-order valence-electron chi connectivity index (χ1n) is 7.34. The Labute approximate surface area is 120 Å². The highest BCUT2D eigenvalue weighted by molar-refractivity contribution is 5.78. The molecule has 0 radical (unpaired) electrons. The van der Waals surface area contributed by atoms with Gasteiger partial charge in [-0.3, -0.25) is 4.79 Å². The maximum absolute atomic E-state index is 11.9. The molecule has 1 saturated heterocycles. The van der Waals surface area contributed by atoms with Crippen molar-refractivity contribution in [3.8, 4) is 0 Å².